The molecule has 0 heterocycles. The first-order valence-electron chi connectivity index (χ1n) is 4.86. The van der Waals surface area contributed by atoms with E-state index in [2.05, 4.69) is 0 Å². The van der Waals surface area contributed by atoms with Gasteiger partial charge in [-0.2, -0.15) is 13.2 Å². The van der Waals surface area contributed by atoms with Crippen LogP contribution in [0.2, 0.25) is 0 Å². The molecule has 8 heteroatoms. The van der Waals surface area contributed by atoms with Gasteiger partial charge in [0.1, 0.15) is 0 Å². The Labute approximate surface area is 93.0 Å². The molecule has 0 bridgehead atoms. The normalized spacial score (nSPS) is 13.0. The minimum atomic E-state index is -4.14. The molecule has 0 aromatic heterocycles. The number of hydrogen-bond donors (Lipinski definition) is 1. The molecule has 0 radical (unpaired) electrons. The third-order valence-electron chi connectivity index (χ3n) is 1.72. The fourth-order valence-corrected chi connectivity index (χ4v) is 1.59. The second-order valence-electron chi connectivity index (χ2n) is 3.41. The standard InChI is InChI=1S/C8H16F3NO3S/c9-8(10,11)4-3-6-15-5-1-2-7-16(12,13)14/h1-7H2,(H2,12,13,14). The van der Waals surface area contributed by atoms with Gasteiger partial charge < -0.3 is 4.74 Å². The second-order valence-corrected chi connectivity index (χ2v) is 5.14. The summed E-state index contributed by atoms with van der Waals surface area (Å²) in [5.74, 6) is -0.126. The van der Waals surface area contributed by atoms with Crippen molar-refractivity contribution >= 4 is 10.0 Å². The van der Waals surface area contributed by atoms with E-state index in [1.54, 1.807) is 0 Å². The lowest BCUT2D eigenvalue weighted by atomic mass is 10.3. The van der Waals surface area contributed by atoms with Crippen LogP contribution in [0.4, 0.5) is 13.2 Å². The van der Waals surface area contributed by atoms with Gasteiger partial charge in [-0.25, -0.2) is 13.6 Å². The van der Waals surface area contributed by atoms with Crippen LogP contribution >= 0.6 is 0 Å². The summed E-state index contributed by atoms with van der Waals surface area (Å²) in [6.45, 7) is 0.294. The van der Waals surface area contributed by atoms with Gasteiger partial charge in [-0.05, 0) is 19.3 Å². The van der Waals surface area contributed by atoms with Crippen LogP contribution in [0.15, 0.2) is 0 Å². The number of rotatable bonds is 8. The molecule has 0 saturated carbocycles. The number of alkyl halides is 3. The van der Waals surface area contributed by atoms with Gasteiger partial charge in [0.15, 0.2) is 0 Å². The predicted molar refractivity (Wildman–Crippen MR) is 53.3 cm³/mol. The lowest BCUT2D eigenvalue weighted by molar-refractivity contribution is -0.137. The molecule has 0 aliphatic heterocycles. The Morgan fingerprint density at radius 3 is 2.12 bits per heavy atom. The predicted octanol–water partition coefficient (Wildman–Crippen LogP) is 1.41. The van der Waals surface area contributed by atoms with Crippen molar-refractivity contribution in [2.75, 3.05) is 19.0 Å². The first kappa shape index (κ1) is 15.7. The number of nitrogens with two attached hydrogens (primary N) is 1. The molecule has 4 nitrogen and oxygen atoms in total. The molecule has 0 aliphatic carbocycles. The molecule has 0 amide bonds. The van der Waals surface area contributed by atoms with Crippen LogP contribution in [0.5, 0.6) is 0 Å². The van der Waals surface area contributed by atoms with Gasteiger partial charge in [0.25, 0.3) is 0 Å². The van der Waals surface area contributed by atoms with Gasteiger partial charge >= 0.3 is 6.18 Å². The Bertz CT molecular complexity index is 277. The highest BCUT2D eigenvalue weighted by molar-refractivity contribution is 7.89. The van der Waals surface area contributed by atoms with E-state index < -0.39 is 22.6 Å². The van der Waals surface area contributed by atoms with E-state index in [-0.39, 0.29) is 25.4 Å². The van der Waals surface area contributed by atoms with E-state index in [4.69, 9.17) is 9.88 Å². The number of sulfonamides is 1. The van der Waals surface area contributed by atoms with Crippen molar-refractivity contribution in [2.24, 2.45) is 5.14 Å². The van der Waals surface area contributed by atoms with E-state index >= 15 is 0 Å². The van der Waals surface area contributed by atoms with Crippen molar-refractivity contribution in [2.45, 2.75) is 31.9 Å². The summed E-state index contributed by atoms with van der Waals surface area (Å²) in [7, 11) is -3.45. The summed E-state index contributed by atoms with van der Waals surface area (Å²) >= 11 is 0. The summed E-state index contributed by atoms with van der Waals surface area (Å²) in [6, 6.07) is 0. The number of halogens is 3. The van der Waals surface area contributed by atoms with Gasteiger partial charge in [0.05, 0.1) is 5.75 Å². The van der Waals surface area contributed by atoms with E-state index in [9.17, 15) is 21.6 Å². The molecule has 0 fully saturated rings. The molecule has 98 valence electrons. The van der Waals surface area contributed by atoms with Crippen LogP contribution in [0.3, 0.4) is 0 Å². The molecule has 0 rings (SSSR count). The minimum absolute atomic E-state index is 0.0366. The zero-order chi connectivity index (χ0) is 12.7. The van der Waals surface area contributed by atoms with Crippen LogP contribution in [0.25, 0.3) is 0 Å². The average Bonchev–Trinajstić information content (AvgIpc) is 2.06. The number of hydrogen-bond acceptors (Lipinski definition) is 3. The molecule has 0 atom stereocenters. The topological polar surface area (TPSA) is 69.4 Å². The average molecular weight is 263 g/mol. The fraction of sp³-hybridized carbons (Fsp3) is 1.00. The lowest BCUT2D eigenvalue weighted by Crippen LogP contribution is -2.16. The summed E-state index contributed by atoms with van der Waals surface area (Å²) in [6.07, 6.45) is -4.24. The maximum atomic E-state index is 11.7. The van der Waals surface area contributed by atoms with Gasteiger partial charge in [-0.3, -0.25) is 0 Å². The van der Waals surface area contributed by atoms with Gasteiger partial charge in [0, 0.05) is 19.6 Å². The number of primary sulfonamides is 1. The van der Waals surface area contributed by atoms with Gasteiger partial charge in [-0.1, -0.05) is 0 Å². The van der Waals surface area contributed by atoms with E-state index in [1.165, 1.54) is 0 Å². The van der Waals surface area contributed by atoms with E-state index in [1.807, 2.05) is 0 Å². The zero-order valence-electron chi connectivity index (χ0n) is 8.79. The van der Waals surface area contributed by atoms with Crippen molar-refractivity contribution in [3.05, 3.63) is 0 Å². The van der Waals surface area contributed by atoms with Crippen LogP contribution in [-0.2, 0) is 14.8 Å². The fourth-order valence-electron chi connectivity index (χ4n) is 0.984. The molecule has 0 aromatic carbocycles. The second kappa shape index (κ2) is 7.08. The Morgan fingerprint density at radius 2 is 1.62 bits per heavy atom. The largest absolute Gasteiger partial charge is 0.389 e. The number of unbranched alkanes of at least 4 members (excludes halogenated alkanes) is 1. The molecule has 0 aliphatic rings. The maximum Gasteiger partial charge on any atom is 0.389 e. The van der Waals surface area contributed by atoms with Crippen LogP contribution in [0.1, 0.15) is 25.7 Å². The van der Waals surface area contributed by atoms with E-state index in [0.717, 1.165) is 0 Å². The number of ether oxygens (including phenoxy) is 1. The van der Waals surface area contributed by atoms with Crippen LogP contribution in [0, 0.1) is 0 Å². The first-order valence-corrected chi connectivity index (χ1v) is 6.57. The van der Waals surface area contributed by atoms with Gasteiger partial charge in [0.2, 0.25) is 10.0 Å². The molecule has 0 saturated heterocycles. The Balaban J connectivity index is 3.23. The smallest absolute Gasteiger partial charge is 0.381 e. The molecule has 2 N–H and O–H groups in total. The third-order valence-corrected chi connectivity index (χ3v) is 2.57. The summed E-state index contributed by atoms with van der Waals surface area (Å²) < 4.78 is 60.9. The Kier molecular flexibility index (Phi) is 6.93. The third kappa shape index (κ3) is 13.7. The highest BCUT2D eigenvalue weighted by Gasteiger charge is 2.25. The van der Waals surface area contributed by atoms with Crippen LogP contribution < -0.4 is 5.14 Å². The highest BCUT2D eigenvalue weighted by Crippen LogP contribution is 2.20. The van der Waals surface area contributed by atoms with Crippen molar-refractivity contribution < 1.29 is 26.3 Å². The highest BCUT2D eigenvalue weighted by atomic mass is 32.2. The Morgan fingerprint density at radius 1 is 1.06 bits per heavy atom. The quantitative estimate of drug-likeness (QED) is 0.673. The summed E-state index contributed by atoms with van der Waals surface area (Å²) in [5.41, 5.74) is 0. The van der Waals surface area contributed by atoms with Crippen molar-refractivity contribution in [3.8, 4) is 0 Å². The van der Waals surface area contributed by atoms with Crippen LogP contribution in [-0.4, -0.2) is 33.6 Å². The van der Waals surface area contributed by atoms with E-state index in [0.29, 0.717) is 12.8 Å². The molecular weight excluding hydrogens is 247 g/mol. The van der Waals surface area contributed by atoms with Gasteiger partial charge in [-0.15, -0.1) is 0 Å². The lowest BCUT2D eigenvalue weighted by Gasteiger charge is -2.06. The SMILES string of the molecule is NS(=O)(=O)CCCCOCCCC(F)(F)F. The monoisotopic (exact) mass is 263 g/mol. The van der Waals surface area contributed by atoms with Crippen molar-refractivity contribution in [1.29, 1.82) is 0 Å². The maximum absolute atomic E-state index is 11.7. The van der Waals surface area contributed by atoms with Crippen molar-refractivity contribution in [1.82, 2.24) is 0 Å². The molecule has 0 unspecified atom stereocenters. The summed E-state index contributed by atoms with van der Waals surface area (Å²) in [5, 5.41) is 4.75. The molecule has 0 spiro atoms. The summed E-state index contributed by atoms with van der Waals surface area (Å²) in [4.78, 5) is 0. The molecule has 16 heavy (non-hydrogen) atoms. The molecule has 0 aromatic rings. The van der Waals surface area contributed by atoms with Crippen molar-refractivity contribution in [3.63, 3.8) is 0 Å². The minimum Gasteiger partial charge on any atom is -0.381 e. The molecular formula is C8H16F3NO3S. The Hall–Kier alpha value is -0.340. The first-order chi connectivity index (χ1) is 7.21. The zero-order valence-corrected chi connectivity index (χ0v) is 9.61.